The van der Waals surface area contributed by atoms with Gasteiger partial charge in [-0.15, -0.1) is 11.3 Å². The Morgan fingerprint density at radius 2 is 1.71 bits per heavy atom. The molecule has 2 aromatic carbocycles. The Morgan fingerprint density at radius 3 is 2.37 bits per heavy atom. The maximum Gasteiger partial charge on any atom is 0.407 e. The number of hydrogen-bond acceptors (Lipinski definition) is 6. The van der Waals surface area contributed by atoms with Gasteiger partial charge in [0.1, 0.15) is 16.5 Å². The van der Waals surface area contributed by atoms with Crippen molar-refractivity contribution >= 4 is 29.3 Å². The van der Waals surface area contributed by atoms with E-state index in [4.69, 9.17) is 9.84 Å². The van der Waals surface area contributed by atoms with Gasteiger partial charge in [-0.1, -0.05) is 55.5 Å². The van der Waals surface area contributed by atoms with Gasteiger partial charge in [0.05, 0.1) is 12.7 Å². The van der Waals surface area contributed by atoms with Crippen LogP contribution in [0.25, 0.3) is 11.1 Å². The lowest BCUT2D eigenvalue weighted by atomic mass is 9.98. The van der Waals surface area contributed by atoms with Gasteiger partial charge in [-0.05, 0) is 34.6 Å². The van der Waals surface area contributed by atoms with Crippen molar-refractivity contribution in [3.8, 4) is 11.1 Å². The molecule has 1 unspecified atom stereocenters. The normalized spacial score (nSPS) is 12.9. The molecule has 4 rings (SSSR count). The van der Waals surface area contributed by atoms with Crippen molar-refractivity contribution in [1.82, 2.24) is 15.6 Å². The molecule has 0 aliphatic heterocycles. The van der Waals surface area contributed by atoms with Crippen molar-refractivity contribution in [3.63, 3.8) is 0 Å². The summed E-state index contributed by atoms with van der Waals surface area (Å²) in [6.45, 7) is 2.61. The molecular weight excluding hydrogens is 466 g/mol. The number of carboxylic acid groups (broad SMARTS) is 1. The molecule has 3 aromatic rings. The summed E-state index contributed by atoms with van der Waals surface area (Å²) in [6, 6.07) is 16.3. The summed E-state index contributed by atoms with van der Waals surface area (Å²) in [7, 11) is 0. The highest BCUT2D eigenvalue weighted by Crippen LogP contribution is 2.44. The number of benzene rings is 2. The predicted molar refractivity (Wildman–Crippen MR) is 132 cm³/mol. The molecule has 182 valence electrons. The highest BCUT2D eigenvalue weighted by Gasteiger charge is 2.29. The van der Waals surface area contributed by atoms with Gasteiger partial charge in [-0.3, -0.25) is 9.59 Å². The highest BCUT2D eigenvalue weighted by atomic mass is 32.1. The van der Waals surface area contributed by atoms with E-state index in [2.05, 4.69) is 39.9 Å². The molecule has 0 saturated heterocycles. The molecule has 1 heterocycles. The average molecular weight is 494 g/mol. The van der Waals surface area contributed by atoms with Crippen LogP contribution < -0.4 is 10.6 Å². The number of nitrogens with zero attached hydrogens (tertiary/aromatic N) is 1. The topological polar surface area (TPSA) is 118 Å². The Kier molecular flexibility index (Phi) is 7.77. The highest BCUT2D eigenvalue weighted by molar-refractivity contribution is 7.13. The van der Waals surface area contributed by atoms with Crippen LogP contribution in [-0.4, -0.2) is 41.2 Å². The van der Waals surface area contributed by atoms with Gasteiger partial charge in [-0.25, -0.2) is 9.78 Å². The lowest BCUT2D eigenvalue weighted by Crippen LogP contribution is -2.25. The molecule has 0 radical (unpaired) electrons. The fraction of sp³-hybridized carbons (Fsp3) is 0.308. The summed E-state index contributed by atoms with van der Waals surface area (Å²) in [5, 5.41) is 14.9. The predicted octanol–water partition coefficient (Wildman–Crippen LogP) is 4.41. The number of alkyl carbamates (subject to hydrolysis) is 1. The second-order valence-electron chi connectivity index (χ2n) is 8.54. The Morgan fingerprint density at radius 1 is 1.06 bits per heavy atom. The summed E-state index contributed by atoms with van der Waals surface area (Å²) in [5.74, 6) is -1.15. The number of rotatable bonds is 10. The third-order valence-corrected chi connectivity index (χ3v) is 6.95. The van der Waals surface area contributed by atoms with Crippen LogP contribution in [0, 0.1) is 5.92 Å². The second-order valence-corrected chi connectivity index (χ2v) is 9.66. The zero-order valence-corrected chi connectivity index (χ0v) is 20.1. The van der Waals surface area contributed by atoms with Gasteiger partial charge in [0.15, 0.2) is 0 Å². The Labute approximate surface area is 207 Å². The molecule has 35 heavy (non-hydrogen) atoms. The minimum Gasteiger partial charge on any atom is -0.481 e. The zero-order chi connectivity index (χ0) is 24.8. The number of thiazole rings is 1. The van der Waals surface area contributed by atoms with E-state index in [0.717, 1.165) is 11.1 Å². The van der Waals surface area contributed by atoms with Crippen LogP contribution >= 0.6 is 11.3 Å². The first-order chi connectivity index (χ1) is 16.9. The molecule has 0 fully saturated rings. The Balaban J connectivity index is 1.24. The first kappa shape index (κ1) is 24.4. The van der Waals surface area contributed by atoms with Crippen LogP contribution in [-0.2, 0) is 16.1 Å². The van der Waals surface area contributed by atoms with Crippen molar-refractivity contribution in [2.24, 2.45) is 5.92 Å². The molecule has 0 spiro atoms. The van der Waals surface area contributed by atoms with Gasteiger partial charge in [0.25, 0.3) is 5.91 Å². The third-order valence-electron chi connectivity index (χ3n) is 5.95. The summed E-state index contributed by atoms with van der Waals surface area (Å²) in [6.07, 6.45) is 1.57. The molecule has 8 nitrogen and oxygen atoms in total. The first-order valence-electron chi connectivity index (χ1n) is 11.5. The van der Waals surface area contributed by atoms with Crippen LogP contribution in [0.5, 0.6) is 0 Å². The lowest BCUT2D eigenvalue weighted by Gasteiger charge is -2.14. The van der Waals surface area contributed by atoms with Gasteiger partial charge in [-0.2, -0.15) is 0 Å². The summed E-state index contributed by atoms with van der Waals surface area (Å²) in [5.41, 5.74) is 4.63. The standard InChI is InChI=1S/C26H27N3O5S/c1-16(12-24(30)31)10-11-27-25(32)22-13-28-23(35-22)14-29-26(33)34-15-21-19-8-4-2-6-17(19)18-7-3-5-9-20(18)21/h2-9,13,16,21H,10-12,14-15H2,1H3,(H,27,32)(H,29,33)(H,30,31). The molecule has 2 amide bonds. The van der Waals surface area contributed by atoms with Gasteiger partial charge < -0.3 is 20.5 Å². The van der Waals surface area contributed by atoms with Crippen molar-refractivity contribution < 1.29 is 24.2 Å². The maximum atomic E-state index is 12.3. The molecule has 0 bridgehead atoms. The van der Waals surface area contributed by atoms with Crippen molar-refractivity contribution in [3.05, 3.63) is 75.7 Å². The molecule has 1 aromatic heterocycles. The molecule has 9 heteroatoms. The number of hydrogen-bond donors (Lipinski definition) is 3. The van der Waals surface area contributed by atoms with Crippen LogP contribution in [0.1, 0.15) is 51.5 Å². The minimum absolute atomic E-state index is 0.0125. The molecule has 1 aliphatic rings. The lowest BCUT2D eigenvalue weighted by molar-refractivity contribution is -0.138. The Hall–Kier alpha value is -3.72. The molecule has 3 N–H and O–H groups in total. The van der Waals surface area contributed by atoms with Crippen molar-refractivity contribution in [2.45, 2.75) is 32.2 Å². The van der Waals surface area contributed by atoms with Crippen LogP contribution in [0.2, 0.25) is 0 Å². The molecule has 1 atom stereocenters. The average Bonchev–Trinajstić information content (AvgIpc) is 3.44. The van der Waals surface area contributed by atoms with E-state index in [1.807, 2.05) is 31.2 Å². The van der Waals surface area contributed by atoms with E-state index in [0.29, 0.717) is 22.9 Å². The maximum absolute atomic E-state index is 12.3. The number of ether oxygens (including phenoxy) is 1. The molecule has 1 aliphatic carbocycles. The van der Waals surface area contributed by atoms with Crippen LogP contribution in [0.4, 0.5) is 4.79 Å². The van der Waals surface area contributed by atoms with Crippen LogP contribution in [0.15, 0.2) is 54.7 Å². The van der Waals surface area contributed by atoms with Crippen molar-refractivity contribution in [2.75, 3.05) is 13.2 Å². The van der Waals surface area contributed by atoms with Crippen molar-refractivity contribution in [1.29, 1.82) is 0 Å². The summed E-state index contributed by atoms with van der Waals surface area (Å²) >= 11 is 1.19. The number of fused-ring (bicyclic) bond motifs is 3. The number of amides is 2. The summed E-state index contributed by atoms with van der Waals surface area (Å²) in [4.78, 5) is 40.0. The minimum atomic E-state index is -0.847. The zero-order valence-electron chi connectivity index (χ0n) is 19.3. The van der Waals surface area contributed by atoms with Crippen LogP contribution in [0.3, 0.4) is 0 Å². The van der Waals surface area contributed by atoms with E-state index >= 15 is 0 Å². The SMILES string of the molecule is CC(CCNC(=O)c1cnc(CNC(=O)OCC2c3ccccc3-c3ccccc32)s1)CC(=O)O. The molecular formula is C26H27N3O5S. The van der Waals surface area contributed by atoms with E-state index in [-0.39, 0.29) is 37.3 Å². The quantitative estimate of drug-likeness (QED) is 0.385. The summed E-state index contributed by atoms with van der Waals surface area (Å²) < 4.78 is 5.52. The number of nitrogens with one attached hydrogen (secondary N) is 2. The number of carboxylic acids is 1. The van der Waals surface area contributed by atoms with E-state index in [1.165, 1.54) is 28.7 Å². The number of aromatic nitrogens is 1. The third kappa shape index (κ3) is 6.05. The number of carbonyl (C=O) groups excluding carboxylic acids is 2. The fourth-order valence-electron chi connectivity index (χ4n) is 4.21. The van der Waals surface area contributed by atoms with Gasteiger partial charge in [0, 0.05) is 18.9 Å². The monoisotopic (exact) mass is 493 g/mol. The van der Waals surface area contributed by atoms with E-state index in [9.17, 15) is 14.4 Å². The number of aliphatic carboxylic acids is 1. The smallest absolute Gasteiger partial charge is 0.407 e. The fourth-order valence-corrected chi connectivity index (χ4v) is 4.99. The van der Waals surface area contributed by atoms with Gasteiger partial charge in [0.2, 0.25) is 0 Å². The second kappa shape index (κ2) is 11.1. The van der Waals surface area contributed by atoms with E-state index < -0.39 is 12.1 Å². The Bertz CT molecular complexity index is 1180. The molecule has 0 saturated carbocycles. The number of carbonyl (C=O) groups is 3. The van der Waals surface area contributed by atoms with E-state index in [1.54, 1.807) is 0 Å². The van der Waals surface area contributed by atoms with Gasteiger partial charge >= 0.3 is 12.1 Å². The largest absolute Gasteiger partial charge is 0.481 e. The first-order valence-corrected chi connectivity index (χ1v) is 12.3.